The van der Waals surface area contributed by atoms with Crippen LogP contribution >= 0.6 is 0 Å². The Morgan fingerprint density at radius 2 is 2.16 bits per heavy atom. The zero-order chi connectivity index (χ0) is 13.9. The number of aromatic nitrogens is 1. The molecule has 2 heterocycles. The zero-order valence-corrected chi connectivity index (χ0v) is 12.4. The Hall–Kier alpha value is -1.13. The topological polar surface area (TPSA) is 37.4 Å². The van der Waals surface area contributed by atoms with Crippen LogP contribution in [0.15, 0.2) is 18.3 Å². The fourth-order valence-corrected chi connectivity index (χ4v) is 2.23. The molecule has 4 heteroatoms. The van der Waals surface area contributed by atoms with Crippen molar-refractivity contribution in [2.45, 2.75) is 32.2 Å². The largest absolute Gasteiger partial charge is 0.383 e. The van der Waals surface area contributed by atoms with Crippen LogP contribution in [-0.4, -0.2) is 49.3 Å². The van der Waals surface area contributed by atoms with E-state index in [0.717, 1.165) is 31.9 Å². The highest BCUT2D eigenvalue weighted by atomic mass is 16.5. The molecule has 1 saturated heterocycles. The van der Waals surface area contributed by atoms with Crippen molar-refractivity contribution in [3.8, 4) is 0 Å². The van der Waals surface area contributed by atoms with E-state index < -0.39 is 0 Å². The summed E-state index contributed by atoms with van der Waals surface area (Å²) in [5.41, 5.74) is 2.41. The van der Waals surface area contributed by atoms with Gasteiger partial charge in [0.25, 0.3) is 0 Å². The molecule has 106 valence electrons. The third-order valence-electron chi connectivity index (χ3n) is 3.47. The molecule has 0 radical (unpaired) electrons. The van der Waals surface area contributed by atoms with Crippen molar-refractivity contribution >= 4 is 5.69 Å². The molecule has 1 aromatic rings. The lowest BCUT2D eigenvalue weighted by Gasteiger charge is -2.40. The summed E-state index contributed by atoms with van der Waals surface area (Å²) in [5.74, 6) is 0. The molecule has 0 spiro atoms. The molecular formula is C15H25N3O. The van der Waals surface area contributed by atoms with Gasteiger partial charge in [0.2, 0.25) is 0 Å². The van der Waals surface area contributed by atoms with Gasteiger partial charge in [0.1, 0.15) is 0 Å². The van der Waals surface area contributed by atoms with Crippen molar-refractivity contribution in [3.63, 3.8) is 0 Å². The molecule has 1 aliphatic heterocycles. The average molecular weight is 263 g/mol. The van der Waals surface area contributed by atoms with Gasteiger partial charge < -0.3 is 10.1 Å². The van der Waals surface area contributed by atoms with Crippen molar-refractivity contribution in [1.82, 2.24) is 9.88 Å². The zero-order valence-electron chi connectivity index (χ0n) is 12.4. The standard InChI is InChI=1S/C15H25N3O/c1-15(2,3)14-9-12(5-6-16-14)17-13-10-18(11-13)7-8-19-4/h5-6,9,13H,7-8,10-11H2,1-4H3,(H,16,17). The monoisotopic (exact) mass is 263 g/mol. The number of hydrogen-bond donors (Lipinski definition) is 1. The second-order valence-electron chi connectivity index (χ2n) is 6.27. The van der Waals surface area contributed by atoms with Crippen molar-refractivity contribution in [2.24, 2.45) is 0 Å². The smallest absolute Gasteiger partial charge is 0.0589 e. The van der Waals surface area contributed by atoms with Crippen molar-refractivity contribution in [1.29, 1.82) is 0 Å². The Kier molecular flexibility index (Phi) is 4.42. The fourth-order valence-electron chi connectivity index (χ4n) is 2.23. The molecule has 1 aromatic heterocycles. The number of ether oxygens (including phenoxy) is 1. The minimum Gasteiger partial charge on any atom is -0.383 e. The minimum absolute atomic E-state index is 0.0990. The summed E-state index contributed by atoms with van der Waals surface area (Å²) in [6, 6.07) is 4.76. The average Bonchev–Trinajstić information content (AvgIpc) is 2.31. The second kappa shape index (κ2) is 5.88. The fraction of sp³-hybridized carbons (Fsp3) is 0.667. The molecule has 1 aliphatic rings. The van der Waals surface area contributed by atoms with E-state index in [1.54, 1.807) is 7.11 Å². The Morgan fingerprint density at radius 3 is 2.79 bits per heavy atom. The number of nitrogens with zero attached hydrogens (tertiary/aromatic N) is 2. The lowest BCUT2D eigenvalue weighted by molar-refractivity contribution is 0.102. The van der Waals surface area contributed by atoms with E-state index in [-0.39, 0.29) is 5.41 Å². The first kappa shape index (κ1) is 14.3. The van der Waals surface area contributed by atoms with Gasteiger partial charge in [-0.1, -0.05) is 20.8 Å². The third-order valence-corrected chi connectivity index (χ3v) is 3.47. The molecular weight excluding hydrogens is 238 g/mol. The summed E-state index contributed by atoms with van der Waals surface area (Å²) in [5, 5.41) is 3.57. The summed E-state index contributed by atoms with van der Waals surface area (Å²) < 4.78 is 5.08. The molecule has 2 rings (SSSR count). The van der Waals surface area contributed by atoms with Crippen LogP contribution in [0.3, 0.4) is 0 Å². The van der Waals surface area contributed by atoms with Gasteiger partial charge in [-0.2, -0.15) is 0 Å². The predicted octanol–water partition coefficient (Wildman–Crippen LogP) is 2.12. The number of hydrogen-bond acceptors (Lipinski definition) is 4. The summed E-state index contributed by atoms with van der Waals surface area (Å²) in [4.78, 5) is 6.85. The minimum atomic E-state index is 0.0990. The van der Waals surface area contributed by atoms with E-state index in [9.17, 15) is 0 Å². The van der Waals surface area contributed by atoms with Gasteiger partial charge in [0.15, 0.2) is 0 Å². The SMILES string of the molecule is COCCN1CC(Nc2ccnc(C(C)(C)C)c2)C1. The van der Waals surface area contributed by atoms with Gasteiger partial charge >= 0.3 is 0 Å². The lowest BCUT2D eigenvalue weighted by atomic mass is 9.91. The summed E-state index contributed by atoms with van der Waals surface area (Å²) in [6.45, 7) is 10.6. The summed E-state index contributed by atoms with van der Waals surface area (Å²) in [7, 11) is 1.75. The number of anilines is 1. The van der Waals surface area contributed by atoms with Crippen LogP contribution in [0.4, 0.5) is 5.69 Å². The molecule has 0 aliphatic carbocycles. The first-order chi connectivity index (χ1) is 8.99. The van der Waals surface area contributed by atoms with Gasteiger partial charge in [-0.3, -0.25) is 9.88 Å². The summed E-state index contributed by atoms with van der Waals surface area (Å²) >= 11 is 0. The predicted molar refractivity (Wildman–Crippen MR) is 78.7 cm³/mol. The van der Waals surface area contributed by atoms with Crippen LogP contribution in [0, 0.1) is 0 Å². The van der Waals surface area contributed by atoms with Gasteiger partial charge in [0, 0.05) is 49.7 Å². The number of rotatable bonds is 5. The Balaban J connectivity index is 1.85. The van der Waals surface area contributed by atoms with Crippen LogP contribution in [-0.2, 0) is 10.2 Å². The van der Waals surface area contributed by atoms with Gasteiger partial charge in [-0.15, -0.1) is 0 Å². The highest BCUT2D eigenvalue weighted by Gasteiger charge is 2.26. The highest BCUT2D eigenvalue weighted by Crippen LogP contribution is 2.23. The van der Waals surface area contributed by atoms with Crippen molar-refractivity contribution < 1.29 is 4.74 Å². The van der Waals surface area contributed by atoms with Crippen LogP contribution in [0.25, 0.3) is 0 Å². The van der Waals surface area contributed by atoms with E-state index in [1.165, 1.54) is 5.69 Å². The number of likely N-dealkylation sites (tertiary alicyclic amines) is 1. The van der Waals surface area contributed by atoms with Gasteiger partial charge in [-0.05, 0) is 12.1 Å². The number of methoxy groups -OCH3 is 1. The van der Waals surface area contributed by atoms with E-state index >= 15 is 0 Å². The number of nitrogens with one attached hydrogen (secondary N) is 1. The van der Waals surface area contributed by atoms with E-state index in [2.05, 4.69) is 42.0 Å². The molecule has 0 amide bonds. The van der Waals surface area contributed by atoms with Crippen molar-refractivity contribution in [2.75, 3.05) is 38.7 Å². The first-order valence-corrected chi connectivity index (χ1v) is 6.93. The van der Waals surface area contributed by atoms with Gasteiger partial charge in [0.05, 0.1) is 12.6 Å². The van der Waals surface area contributed by atoms with Crippen LogP contribution < -0.4 is 5.32 Å². The quantitative estimate of drug-likeness (QED) is 0.883. The Bertz CT molecular complexity index is 408. The Labute approximate surface area is 116 Å². The van der Waals surface area contributed by atoms with E-state index in [1.807, 2.05) is 12.3 Å². The lowest BCUT2D eigenvalue weighted by Crippen LogP contribution is -2.55. The van der Waals surface area contributed by atoms with Crippen LogP contribution in [0.1, 0.15) is 26.5 Å². The third kappa shape index (κ3) is 3.91. The molecule has 0 atom stereocenters. The summed E-state index contributed by atoms with van der Waals surface area (Å²) in [6.07, 6.45) is 1.89. The molecule has 1 N–H and O–H groups in total. The van der Waals surface area contributed by atoms with Crippen LogP contribution in [0.2, 0.25) is 0 Å². The number of pyridine rings is 1. The maximum absolute atomic E-state index is 5.08. The molecule has 0 aromatic carbocycles. The van der Waals surface area contributed by atoms with Crippen LogP contribution in [0.5, 0.6) is 0 Å². The molecule has 1 fully saturated rings. The molecule has 4 nitrogen and oxygen atoms in total. The maximum atomic E-state index is 5.08. The maximum Gasteiger partial charge on any atom is 0.0589 e. The van der Waals surface area contributed by atoms with E-state index in [4.69, 9.17) is 4.74 Å². The second-order valence-corrected chi connectivity index (χ2v) is 6.27. The normalized spacial score (nSPS) is 17.3. The van der Waals surface area contributed by atoms with Gasteiger partial charge in [-0.25, -0.2) is 0 Å². The molecule has 19 heavy (non-hydrogen) atoms. The molecule has 0 bridgehead atoms. The van der Waals surface area contributed by atoms with E-state index in [0.29, 0.717) is 6.04 Å². The molecule has 0 unspecified atom stereocenters. The Morgan fingerprint density at radius 1 is 1.42 bits per heavy atom. The van der Waals surface area contributed by atoms with Crippen molar-refractivity contribution in [3.05, 3.63) is 24.0 Å². The molecule has 0 saturated carbocycles. The first-order valence-electron chi connectivity index (χ1n) is 6.93. The highest BCUT2D eigenvalue weighted by molar-refractivity contribution is 5.46.